The first-order chi connectivity index (χ1) is 9.06. The normalized spacial score (nSPS) is 11.1. The molecule has 0 saturated carbocycles. The predicted octanol–water partition coefficient (Wildman–Crippen LogP) is 4.53. The number of halogens is 2. The third-order valence-electron chi connectivity index (χ3n) is 2.68. The van der Waals surface area contributed by atoms with E-state index in [1.54, 1.807) is 24.3 Å². The number of phenols is 1. The molecule has 0 aliphatic rings. The fraction of sp³-hybridized carbons (Fsp3) is 0. The number of aromatic hydroxyl groups is 1. The van der Waals surface area contributed by atoms with Crippen molar-refractivity contribution in [1.82, 2.24) is 0 Å². The van der Waals surface area contributed by atoms with Gasteiger partial charge in [0.05, 0.1) is 0 Å². The Bertz CT molecular complexity index is 836. The summed E-state index contributed by atoms with van der Waals surface area (Å²) in [6.07, 6.45) is 0. The average Bonchev–Trinajstić information content (AvgIpc) is 2.76. The molecule has 0 unspecified atom stereocenters. The van der Waals surface area contributed by atoms with Crippen LogP contribution in [-0.4, -0.2) is 5.11 Å². The van der Waals surface area contributed by atoms with Gasteiger partial charge in [-0.1, -0.05) is 23.2 Å². The van der Waals surface area contributed by atoms with Crippen molar-refractivity contribution in [3.63, 3.8) is 0 Å². The summed E-state index contributed by atoms with van der Waals surface area (Å²) >= 11 is 12.9. The molecule has 0 radical (unpaired) electrons. The molecule has 3 rings (SSSR count). The van der Waals surface area contributed by atoms with E-state index in [0.29, 0.717) is 31.5 Å². The third-order valence-corrected chi connectivity index (χ3v) is 4.09. The van der Waals surface area contributed by atoms with E-state index < -0.39 is 4.94 Å². The van der Waals surface area contributed by atoms with Crippen LogP contribution >= 0.6 is 34.5 Å². The van der Waals surface area contributed by atoms with Gasteiger partial charge in [-0.3, -0.25) is 0 Å². The molecule has 0 aliphatic carbocycles. The molecular formula is C13H6Cl2O3S. The van der Waals surface area contributed by atoms with Crippen LogP contribution in [0.2, 0.25) is 10.0 Å². The Morgan fingerprint density at radius 1 is 1.11 bits per heavy atom. The van der Waals surface area contributed by atoms with Crippen LogP contribution in [0.1, 0.15) is 0 Å². The van der Waals surface area contributed by atoms with Gasteiger partial charge in [0, 0.05) is 21.2 Å². The highest BCUT2D eigenvalue weighted by molar-refractivity contribution is 7.16. The molecule has 2 aromatic carbocycles. The second-order valence-electron chi connectivity index (χ2n) is 3.87. The van der Waals surface area contributed by atoms with Gasteiger partial charge in [0.2, 0.25) is 0 Å². The van der Waals surface area contributed by atoms with E-state index in [-0.39, 0.29) is 5.75 Å². The van der Waals surface area contributed by atoms with Crippen molar-refractivity contribution in [3.05, 3.63) is 50.1 Å². The van der Waals surface area contributed by atoms with Gasteiger partial charge in [-0.05, 0) is 41.7 Å². The highest BCUT2D eigenvalue weighted by atomic mass is 35.5. The van der Waals surface area contributed by atoms with Gasteiger partial charge in [-0.15, -0.1) is 0 Å². The van der Waals surface area contributed by atoms with E-state index in [9.17, 15) is 9.90 Å². The summed E-state index contributed by atoms with van der Waals surface area (Å²) in [7, 11) is 0. The van der Waals surface area contributed by atoms with Gasteiger partial charge in [0.15, 0.2) is 5.58 Å². The summed E-state index contributed by atoms with van der Waals surface area (Å²) in [6.45, 7) is 0. The Hall–Kier alpha value is -1.49. The number of rotatable bonds is 1. The van der Waals surface area contributed by atoms with Crippen molar-refractivity contribution in [3.8, 4) is 16.9 Å². The average molecular weight is 313 g/mol. The van der Waals surface area contributed by atoms with Gasteiger partial charge in [0.1, 0.15) is 10.4 Å². The first-order valence-electron chi connectivity index (χ1n) is 5.27. The number of phenolic OH excluding ortho intramolecular Hbond substituents is 1. The Morgan fingerprint density at radius 3 is 2.68 bits per heavy atom. The zero-order chi connectivity index (χ0) is 13.6. The summed E-state index contributed by atoms with van der Waals surface area (Å²) in [5.74, 6) is 0.00718. The van der Waals surface area contributed by atoms with Crippen molar-refractivity contribution >= 4 is 44.8 Å². The highest BCUT2D eigenvalue weighted by Gasteiger charge is 2.15. The van der Waals surface area contributed by atoms with E-state index in [0.717, 1.165) is 11.3 Å². The minimum Gasteiger partial charge on any atom is -0.506 e. The maximum atomic E-state index is 11.4. The zero-order valence-electron chi connectivity index (χ0n) is 9.31. The molecule has 0 bridgehead atoms. The Kier molecular flexibility index (Phi) is 3.01. The molecule has 3 aromatic rings. The summed E-state index contributed by atoms with van der Waals surface area (Å²) in [6, 6.07) is 8.18. The molecule has 0 amide bonds. The molecule has 0 fully saturated rings. The molecule has 0 atom stereocenters. The Labute approximate surface area is 121 Å². The number of benzene rings is 2. The van der Waals surface area contributed by atoms with Crippen LogP contribution in [0.5, 0.6) is 5.75 Å². The SMILES string of the molecule is O=c1oc2c(-c3cc(Cl)ccc3Cl)ccc(O)c2s1. The van der Waals surface area contributed by atoms with Crippen LogP contribution in [0.4, 0.5) is 0 Å². The lowest BCUT2D eigenvalue weighted by Crippen LogP contribution is -1.83. The number of hydrogen-bond donors (Lipinski definition) is 1. The van der Waals surface area contributed by atoms with Gasteiger partial charge in [-0.2, -0.15) is 0 Å². The van der Waals surface area contributed by atoms with Gasteiger partial charge in [-0.25, -0.2) is 4.79 Å². The second-order valence-corrected chi connectivity index (χ2v) is 5.66. The first-order valence-corrected chi connectivity index (χ1v) is 6.84. The first kappa shape index (κ1) is 12.5. The fourth-order valence-electron chi connectivity index (χ4n) is 1.86. The molecule has 96 valence electrons. The third kappa shape index (κ3) is 2.12. The van der Waals surface area contributed by atoms with Crippen molar-refractivity contribution < 1.29 is 9.52 Å². The molecule has 19 heavy (non-hydrogen) atoms. The van der Waals surface area contributed by atoms with Gasteiger partial charge in [0.25, 0.3) is 0 Å². The molecule has 1 N–H and O–H groups in total. The number of hydrogen-bond acceptors (Lipinski definition) is 4. The van der Waals surface area contributed by atoms with E-state index in [2.05, 4.69) is 0 Å². The summed E-state index contributed by atoms with van der Waals surface area (Å²) in [4.78, 5) is 10.9. The monoisotopic (exact) mass is 312 g/mol. The lowest BCUT2D eigenvalue weighted by Gasteiger charge is -2.06. The molecule has 1 heterocycles. The fourth-order valence-corrected chi connectivity index (χ4v) is 2.96. The molecular weight excluding hydrogens is 307 g/mol. The van der Waals surface area contributed by atoms with Crippen LogP contribution in [0.15, 0.2) is 39.5 Å². The van der Waals surface area contributed by atoms with E-state index in [1.165, 1.54) is 6.07 Å². The summed E-state index contributed by atoms with van der Waals surface area (Å²) in [5, 5.41) is 10.7. The van der Waals surface area contributed by atoms with Crippen molar-refractivity contribution in [2.75, 3.05) is 0 Å². The molecule has 3 nitrogen and oxygen atoms in total. The van der Waals surface area contributed by atoms with Crippen LogP contribution < -0.4 is 4.94 Å². The van der Waals surface area contributed by atoms with Crippen LogP contribution in [0, 0.1) is 0 Å². The smallest absolute Gasteiger partial charge is 0.396 e. The molecule has 0 spiro atoms. The second kappa shape index (κ2) is 4.56. The zero-order valence-corrected chi connectivity index (χ0v) is 11.6. The van der Waals surface area contributed by atoms with Crippen LogP contribution in [-0.2, 0) is 0 Å². The largest absolute Gasteiger partial charge is 0.506 e. The van der Waals surface area contributed by atoms with Crippen LogP contribution in [0.25, 0.3) is 21.4 Å². The minimum atomic E-state index is -0.476. The predicted molar refractivity (Wildman–Crippen MR) is 77.5 cm³/mol. The maximum Gasteiger partial charge on any atom is 0.396 e. The van der Waals surface area contributed by atoms with E-state index >= 15 is 0 Å². The quantitative estimate of drug-likeness (QED) is 0.718. The lowest BCUT2D eigenvalue weighted by atomic mass is 10.0. The number of fused-ring (bicyclic) bond motifs is 1. The maximum absolute atomic E-state index is 11.4. The van der Waals surface area contributed by atoms with E-state index in [1.807, 2.05) is 0 Å². The van der Waals surface area contributed by atoms with Crippen molar-refractivity contribution in [2.24, 2.45) is 0 Å². The van der Waals surface area contributed by atoms with Gasteiger partial charge < -0.3 is 9.52 Å². The van der Waals surface area contributed by atoms with E-state index in [4.69, 9.17) is 27.6 Å². The highest BCUT2D eigenvalue weighted by Crippen LogP contribution is 2.39. The van der Waals surface area contributed by atoms with Crippen LogP contribution in [0.3, 0.4) is 0 Å². The topological polar surface area (TPSA) is 50.4 Å². The Balaban J connectivity index is 2.40. The summed E-state index contributed by atoms with van der Waals surface area (Å²) < 4.78 is 5.53. The molecule has 6 heteroatoms. The van der Waals surface area contributed by atoms with Crippen molar-refractivity contribution in [1.29, 1.82) is 0 Å². The lowest BCUT2D eigenvalue weighted by molar-refractivity contribution is 0.481. The summed E-state index contributed by atoms with van der Waals surface area (Å²) in [5.41, 5.74) is 1.60. The molecule has 0 aliphatic heterocycles. The molecule has 1 aromatic heterocycles. The van der Waals surface area contributed by atoms with Gasteiger partial charge >= 0.3 is 4.94 Å². The Morgan fingerprint density at radius 2 is 1.89 bits per heavy atom. The standard InChI is InChI=1S/C13H6Cl2O3S/c14-6-1-3-9(15)8(5-6)7-2-4-10(16)12-11(7)18-13(17)19-12/h1-5,16H. The van der Waals surface area contributed by atoms with Crippen molar-refractivity contribution in [2.45, 2.75) is 0 Å². The molecule has 0 saturated heterocycles. The minimum absolute atomic E-state index is 0.00718.